The van der Waals surface area contributed by atoms with Gasteiger partial charge in [0.15, 0.2) is 5.60 Å². The molecule has 0 aromatic heterocycles. The van der Waals surface area contributed by atoms with E-state index in [2.05, 4.69) is 6.07 Å². The lowest BCUT2D eigenvalue weighted by atomic mass is 9.76. The van der Waals surface area contributed by atoms with Crippen LogP contribution in [0, 0.1) is 11.3 Å². The Labute approximate surface area is 112 Å². The van der Waals surface area contributed by atoms with E-state index in [0.717, 1.165) is 12.8 Å². The second kappa shape index (κ2) is 5.41. The van der Waals surface area contributed by atoms with E-state index >= 15 is 0 Å². The largest absolute Gasteiger partial charge is 0.479 e. The lowest BCUT2D eigenvalue weighted by Crippen LogP contribution is -2.43. The van der Waals surface area contributed by atoms with Crippen molar-refractivity contribution in [3.8, 4) is 6.07 Å². The van der Waals surface area contributed by atoms with E-state index in [-0.39, 0.29) is 0 Å². The van der Waals surface area contributed by atoms with Gasteiger partial charge in [-0.3, -0.25) is 0 Å². The van der Waals surface area contributed by atoms with Crippen LogP contribution in [0.4, 0.5) is 0 Å². The summed E-state index contributed by atoms with van der Waals surface area (Å²) in [5.74, 6) is -0.511. The van der Waals surface area contributed by atoms with Crippen molar-refractivity contribution in [3.05, 3.63) is 35.4 Å². The number of hydrogen-bond donors (Lipinski definition) is 1. The number of ether oxygens (including phenoxy) is 1. The summed E-state index contributed by atoms with van der Waals surface area (Å²) in [6.45, 7) is 0. The second-order valence-corrected chi connectivity index (χ2v) is 5.01. The van der Waals surface area contributed by atoms with Gasteiger partial charge in [0, 0.05) is 7.11 Å². The Kier molecular flexibility index (Phi) is 3.87. The lowest BCUT2D eigenvalue weighted by Gasteiger charge is -2.35. The van der Waals surface area contributed by atoms with Crippen LogP contribution in [0.15, 0.2) is 24.3 Å². The molecule has 0 heterocycles. The van der Waals surface area contributed by atoms with Crippen LogP contribution in [0.2, 0.25) is 0 Å². The molecule has 1 aliphatic rings. The minimum absolute atomic E-state index is 0.357. The average molecular weight is 259 g/mol. The van der Waals surface area contributed by atoms with Gasteiger partial charge in [0.1, 0.15) is 0 Å². The molecule has 4 heteroatoms. The van der Waals surface area contributed by atoms with Crippen molar-refractivity contribution in [2.24, 2.45) is 0 Å². The van der Waals surface area contributed by atoms with Crippen LogP contribution in [-0.4, -0.2) is 23.8 Å². The third-order valence-electron chi connectivity index (χ3n) is 4.08. The molecular weight excluding hydrogens is 242 g/mol. The molecule has 19 heavy (non-hydrogen) atoms. The van der Waals surface area contributed by atoms with Crippen LogP contribution >= 0.6 is 0 Å². The Morgan fingerprint density at radius 1 is 1.37 bits per heavy atom. The zero-order chi connectivity index (χ0) is 13.9. The number of hydrogen-bond acceptors (Lipinski definition) is 3. The summed E-state index contributed by atoms with van der Waals surface area (Å²) >= 11 is 0. The van der Waals surface area contributed by atoms with Crippen molar-refractivity contribution in [1.29, 1.82) is 5.26 Å². The molecule has 1 saturated carbocycles. The van der Waals surface area contributed by atoms with Gasteiger partial charge in [-0.25, -0.2) is 4.79 Å². The van der Waals surface area contributed by atoms with Gasteiger partial charge in [0.2, 0.25) is 0 Å². The van der Waals surface area contributed by atoms with Crippen molar-refractivity contribution in [2.75, 3.05) is 7.11 Å². The topological polar surface area (TPSA) is 70.3 Å². The molecule has 0 aliphatic heterocycles. The molecule has 2 rings (SSSR count). The molecule has 4 nitrogen and oxygen atoms in total. The van der Waals surface area contributed by atoms with Gasteiger partial charge < -0.3 is 9.84 Å². The van der Waals surface area contributed by atoms with Gasteiger partial charge in [0.05, 0.1) is 11.6 Å². The molecule has 100 valence electrons. The summed E-state index contributed by atoms with van der Waals surface area (Å²) in [4.78, 5) is 11.3. The molecule has 1 aromatic rings. The van der Waals surface area contributed by atoms with Crippen LogP contribution in [-0.2, 0) is 9.53 Å². The molecule has 0 bridgehead atoms. The van der Waals surface area contributed by atoms with E-state index in [9.17, 15) is 9.90 Å². The van der Waals surface area contributed by atoms with Crippen molar-refractivity contribution in [2.45, 2.75) is 37.2 Å². The Morgan fingerprint density at radius 2 is 1.95 bits per heavy atom. The quantitative estimate of drug-likeness (QED) is 0.906. The molecule has 1 aromatic carbocycles. The molecule has 0 saturated heterocycles. The van der Waals surface area contributed by atoms with E-state index in [1.54, 1.807) is 0 Å². The minimum Gasteiger partial charge on any atom is -0.479 e. The van der Waals surface area contributed by atoms with E-state index in [1.165, 1.54) is 12.7 Å². The van der Waals surface area contributed by atoms with Crippen molar-refractivity contribution in [3.63, 3.8) is 0 Å². The summed E-state index contributed by atoms with van der Waals surface area (Å²) in [5, 5.41) is 18.0. The number of aliphatic carboxylic acids is 1. The number of nitrogens with zero attached hydrogens (tertiary/aromatic N) is 1. The van der Waals surface area contributed by atoms with Crippen molar-refractivity contribution in [1.82, 2.24) is 0 Å². The fourth-order valence-corrected chi connectivity index (χ4v) is 2.75. The van der Waals surface area contributed by atoms with Crippen LogP contribution in [0.25, 0.3) is 0 Å². The Bertz CT molecular complexity index is 493. The smallest absolute Gasteiger partial charge is 0.335 e. The average Bonchev–Trinajstić information content (AvgIpc) is 2.47. The third-order valence-corrected chi connectivity index (χ3v) is 4.08. The Hall–Kier alpha value is -1.86. The first-order valence-corrected chi connectivity index (χ1v) is 6.40. The van der Waals surface area contributed by atoms with E-state index in [4.69, 9.17) is 10.00 Å². The minimum atomic E-state index is -1.01. The fourth-order valence-electron chi connectivity index (χ4n) is 2.75. The molecule has 1 aliphatic carbocycles. The zero-order valence-corrected chi connectivity index (χ0v) is 10.9. The molecule has 0 amide bonds. The summed E-state index contributed by atoms with van der Waals surface area (Å²) in [6.07, 6.45) is 2.66. The van der Waals surface area contributed by atoms with E-state index in [1.807, 2.05) is 24.3 Å². The number of rotatable bonds is 3. The first-order chi connectivity index (χ1) is 9.11. The molecule has 1 N–H and O–H groups in total. The highest BCUT2D eigenvalue weighted by molar-refractivity contribution is 5.77. The zero-order valence-electron chi connectivity index (χ0n) is 10.9. The SMILES string of the molecule is COC1(C(=O)O)CCC(c2ccc(C#N)cc2)CC1. The predicted molar refractivity (Wildman–Crippen MR) is 69.7 cm³/mol. The maximum absolute atomic E-state index is 11.3. The highest BCUT2D eigenvalue weighted by Gasteiger charge is 2.42. The number of nitriles is 1. The molecule has 0 radical (unpaired) electrons. The first-order valence-electron chi connectivity index (χ1n) is 6.40. The van der Waals surface area contributed by atoms with Gasteiger partial charge in [-0.1, -0.05) is 12.1 Å². The van der Waals surface area contributed by atoms with Gasteiger partial charge in [-0.2, -0.15) is 5.26 Å². The Balaban J connectivity index is 2.07. The number of benzene rings is 1. The summed E-state index contributed by atoms with van der Waals surface area (Å²) in [7, 11) is 1.47. The fraction of sp³-hybridized carbons (Fsp3) is 0.467. The van der Waals surface area contributed by atoms with Crippen molar-refractivity contribution >= 4 is 5.97 Å². The van der Waals surface area contributed by atoms with Crippen LogP contribution in [0.1, 0.15) is 42.7 Å². The van der Waals surface area contributed by atoms with Gasteiger partial charge >= 0.3 is 5.97 Å². The highest BCUT2D eigenvalue weighted by Crippen LogP contribution is 2.39. The van der Waals surface area contributed by atoms with E-state index < -0.39 is 11.6 Å². The number of methoxy groups -OCH3 is 1. The summed E-state index contributed by atoms with van der Waals surface area (Å²) < 4.78 is 5.22. The maximum atomic E-state index is 11.3. The Morgan fingerprint density at radius 3 is 2.37 bits per heavy atom. The second-order valence-electron chi connectivity index (χ2n) is 5.01. The van der Waals surface area contributed by atoms with Crippen molar-refractivity contribution < 1.29 is 14.6 Å². The lowest BCUT2D eigenvalue weighted by molar-refractivity contribution is -0.166. The van der Waals surface area contributed by atoms with Crippen LogP contribution in [0.5, 0.6) is 0 Å². The third kappa shape index (κ3) is 2.61. The molecular formula is C15H17NO3. The van der Waals surface area contributed by atoms with Gasteiger partial charge in [0.25, 0.3) is 0 Å². The van der Waals surface area contributed by atoms with Crippen LogP contribution in [0.3, 0.4) is 0 Å². The molecule has 0 spiro atoms. The number of carbonyl (C=O) groups is 1. The summed E-state index contributed by atoms with van der Waals surface area (Å²) in [6, 6.07) is 9.64. The maximum Gasteiger partial charge on any atom is 0.335 e. The monoisotopic (exact) mass is 259 g/mol. The highest BCUT2D eigenvalue weighted by atomic mass is 16.5. The first kappa shape index (κ1) is 13.6. The summed E-state index contributed by atoms with van der Waals surface area (Å²) in [5.41, 5.74) is 0.814. The predicted octanol–water partition coefficient (Wildman–Crippen LogP) is 2.69. The van der Waals surface area contributed by atoms with Gasteiger partial charge in [-0.15, -0.1) is 0 Å². The number of carboxylic acid groups (broad SMARTS) is 1. The molecule has 0 unspecified atom stereocenters. The standard InChI is InChI=1S/C15H17NO3/c1-19-15(14(17)18)8-6-13(7-9-15)12-4-2-11(10-16)3-5-12/h2-5,13H,6-9H2,1H3,(H,17,18). The molecule has 0 atom stereocenters. The van der Waals surface area contributed by atoms with Crippen LogP contribution < -0.4 is 0 Å². The normalized spacial score (nSPS) is 26.6. The van der Waals surface area contributed by atoms with E-state index in [0.29, 0.717) is 24.3 Å². The molecule has 1 fully saturated rings. The number of carboxylic acids is 1. The van der Waals surface area contributed by atoms with Gasteiger partial charge in [-0.05, 0) is 49.3 Å².